The van der Waals surface area contributed by atoms with Crippen LogP contribution in [-0.4, -0.2) is 19.2 Å². The Labute approximate surface area is 155 Å². The lowest BCUT2D eigenvalue weighted by atomic mass is 10.1. The van der Waals surface area contributed by atoms with Gasteiger partial charge in [0.1, 0.15) is 5.65 Å². The van der Waals surface area contributed by atoms with E-state index in [1.54, 1.807) is 6.07 Å². The first kappa shape index (κ1) is 15.6. The summed E-state index contributed by atoms with van der Waals surface area (Å²) in [6.45, 7) is 2.57. The number of fused-ring (bicyclic) bond motifs is 2. The van der Waals surface area contributed by atoms with Crippen molar-refractivity contribution in [3.8, 4) is 11.3 Å². The lowest BCUT2D eigenvalue weighted by molar-refractivity contribution is 0.769. The second-order valence-corrected chi connectivity index (χ2v) is 6.77. The molecule has 0 aliphatic carbocycles. The molecule has 0 spiro atoms. The van der Waals surface area contributed by atoms with E-state index in [0.29, 0.717) is 6.54 Å². The molecule has 27 heavy (non-hydrogen) atoms. The molecule has 0 aliphatic heterocycles. The zero-order valence-electron chi connectivity index (χ0n) is 14.9. The standard InChI is InChI=1S/C22H18N4O/c1-15-11-21-25(14-16-5-3-2-4-6-16)20(13-22(27)26(21)24-15)18-8-7-17-9-10-23-19(17)12-18/h2-13,23H,14H2,1H3. The Morgan fingerprint density at radius 1 is 1.00 bits per heavy atom. The maximum atomic E-state index is 12.7. The fourth-order valence-corrected chi connectivity index (χ4v) is 3.60. The molecular formula is C22H18N4O. The average molecular weight is 354 g/mol. The van der Waals surface area contributed by atoms with Gasteiger partial charge in [0.15, 0.2) is 0 Å². The highest BCUT2D eigenvalue weighted by Crippen LogP contribution is 2.25. The molecule has 0 saturated heterocycles. The number of H-pyrrole nitrogens is 1. The van der Waals surface area contributed by atoms with Gasteiger partial charge < -0.3 is 9.55 Å². The van der Waals surface area contributed by atoms with Crippen LogP contribution in [0.3, 0.4) is 0 Å². The van der Waals surface area contributed by atoms with Crippen LogP contribution in [0.2, 0.25) is 0 Å². The summed E-state index contributed by atoms with van der Waals surface area (Å²) in [5.74, 6) is 0. The van der Waals surface area contributed by atoms with Gasteiger partial charge in [-0.3, -0.25) is 4.79 Å². The minimum Gasteiger partial charge on any atom is -0.361 e. The fourth-order valence-electron chi connectivity index (χ4n) is 3.60. The number of aromatic amines is 1. The normalized spacial score (nSPS) is 11.4. The van der Waals surface area contributed by atoms with Crippen molar-refractivity contribution in [3.05, 3.63) is 94.5 Å². The topological polar surface area (TPSA) is 55.1 Å². The Balaban J connectivity index is 1.79. The summed E-state index contributed by atoms with van der Waals surface area (Å²) in [4.78, 5) is 15.9. The summed E-state index contributed by atoms with van der Waals surface area (Å²) in [5, 5.41) is 5.52. The first-order valence-corrected chi connectivity index (χ1v) is 8.91. The van der Waals surface area contributed by atoms with E-state index in [0.717, 1.165) is 33.5 Å². The lowest BCUT2D eigenvalue weighted by Gasteiger charge is -2.16. The Kier molecular flexibility index (Phi) is 3.47. The van der Waals surface area contributed by atoms with Gasteiger partial charge in [0.2, 0.25) is 0 Å². The first-order chi connectivity index (χ1) is 13.2. The molecule has 0 fully saturated rings. The molecule has 0 radical (unpaired) electrons. The number of aromatic nitrogens is 4. The van der Waals surface area contributed by atoms with Gasteiger partial charge in [-0.2, -0.15) is 9.61 Å². The van der Waals surface area contributed by atoms with Gasteiger partial charge in [-0.25, -0.2) is 0 Å². The molecule has 0 unspecified atom stereocenters. The Bertz CT molecular complexity index is 1330. The zero-order valence-corrected chi connectivity index (χ0v) is 14.9. The van der Waals surface area contributed by atoms with Crippen molar-refractivity contribution in [3.63, 3.8) is 0 Å². The quantitative estimate of drug-likeness (QED) is 0.532. The van der Waals surface area contributed by atoms with Crippen LogP contribution in [0.5, 0.6) is 0 Å². The van der Waals surface area contributed by atoms with Gasteiger partial charge in [-0.15, -0.1) is 0 Å². The van der Waals surface area contributed by atoms with E-state index >= 15 is 0 Å². The van der Waals surface area contributed by atoms with Crippen LogP contribution in [0.25, 0.3) is 27.8 Å². The highest BCUT2D eigenvalue weighted by Gasteiger charge is 2.14. The summed E-state index contributed by atoms with van der Waals surface area (Å²) in [6.07, 6.45) is 1.93. The lowest BCUT2D eigenvalue weighted by Crippen LogP contribution is -2.20. The second kappa shape index (κ2) is 5.99. The van der Waals surface area contributed by atoms with E-state index in [2.05, 4.69) is 45.0 Å². The van der Waals surface area contributed by atoms with Crippen molar-refractivity contribution in [2.75, 3.05) is 0 Å². The predicted molar refractivity (Wildman–Crippen MR) is 107 cm³/mol. The van der Waals surface area contributed by atoms with Crippen molar-refractivity contribution in [1.29, 1.82) is 0 Å². The highest BCUT2D eigenvalue weighted by atomic mass is 16.1. The molecule has 5 aromatic rings. The maximum absolute atomic E-state index is 12.7. The van der Waals surface area contributed by atoms with Crippen LogP contribution in [-0.2, 0) is 6.54 Å². The van der Waals surface area contributed by atoms with Crippen LogP contribution in [0.15, 0.2) is 77.7 Å². The summed E-state index contributed by atoms with van der Waals surface area (Å²) in [6, 6.07) is 22.1. The number of nitrogens with one attached hydrogen (secondary N) is 1. The maximum Gasteiger partial charge on any atom is 0.274 e. The Hall–Kier alpha value is -3.60. The first-order valence-electron chi connectivity index (χ1n) is 8.91. The van der Waals surface area contributed by atoms with E-state index in [9.17, 15) is 4.79 Å². The minimum atomic E-state index is -0.121. The van der Waals surface area contributed by atoms with Gasteiger partial charge in [0, 0.05) is 36.0 Å². The molecule has 0 bridgehead atoms. The molecule has 0 saturated carbocycles. The largest absolute Gasteiger partial charge is 0.361 e. The van der Waals surface area contributed by atoms with E-state index in [1.807, 2.05) is 43.5 Å². The number of benzene rings is 2. The third kappa shape index (κ3) is 2.64. The van der Waals surface area contributed by atoms with Crippen LogP contribution < -0.4 is 5.56 Å². The minimum absolute atomic E-state index is 0.121. The molecule has 132 valence electrons. The third-order valence-electron chi connectivity index (χ3n) is 4.88. The van der Waals surface area contributed by atoms with Crippen molar-refractivity contribution < 1.29 is 0 Å². The van der Waals surface area contributed by atoms with Crippen molar-refractivity contribution in [2.45, 2.75) is 13.5 Å². The van der Waals surface area contributed by atoms with Crippen molar-refractivity contribution in [1.82, 2.24) is 19.2 Å². The van der Waals surface area contributed by atoms with Gasteiger partial charge >= 0.3 is 0 Å². The molecule has 0 amide bonds. The van der Waals surface area contributed by atoms with Gasteiger partial charge in [-0.1, -0.05) is 42.5 Å². The van der Waals surface area contributed by atoms with Crippen LogP contribution in [0.4, 0.5) is 0 Å². The molecule has 2 aromatic carbocycles. The van der Waals surface area contributed by atoms with Crippen LogP contribution in [0.1, 0.15) is 11.3 Å². The molecule has 5 rings (SSSR count). The number of rotatable bonds is 3. The monoisotopic (exact) mass is 354 g/mol. The molecule has 5 heteroatoms. The van der Waals surface area contributed by atoms with Gasteiger partial charge in [-0.05, 0) is 30.0 Å². The average Bonchev–Trinajstić information content (AvgIpc) is 3.30. The number of aryl methyl sites for hydroxylation is 1. The van der Waals surface area contributed by atoms with Crippen molar-refractivity contribution in [2.24, 2.45) is 0 Å². The third-order valence-corrected chi connectivity index (χ3v) is 4.88. The zero-order chi connectivity index (χ0) is 18.4. The van der Waals surface area contributed by atoms with E-state index in [4.69, 9.17) is 0 Å². The van der Waals surface area contributed by atoms with Gasteiger partial charge in [0.05, 0.1) is 11.4 Å². The second-order valence-electron chi connectivity index (χ2n) is 6.77. The van der Waals surface area contributed by atoms with E-state index < -0.39 is 0 Å². The summed E-state index contributed by atoms with van der Waals surface area (Å²) in [5.41, 5.74) is 5.60. The molecular weight excluding hydrogens is 336 g/mol. The van der Waals surface area contributed by atoms with E-state index in [1.165, 1.54) is 10.1 Å². The molecule has 0 aliphatic rings. The molecule has 1 N–H and O–H groups in total. The van der Waals surface area contributed by atoms with E-state index in [-0.39, 0.29) is 5.56 Å². The number of hydrogen-bond donors (Lipinski definition) is 1. The summed E-state index contributed by atoms with van der Waals surface area (Å²) >= 11 is 0. The predicted octanol–water partition coefficient (Wildman–Crippen LogP) is 4.00. The number of nitrogens with zero attached hydrogens (tertiary/aromatic N) is 3. The highest BCUT2D eigenvalue weighted by molar-refractivity contribution is 5.84. The van der Waals surface area contributed by atoms with Crippen LogP contribution >= 0.6 is 0 Å². The molecule has 3 heterocycles. The number of hydrogen-bond acceptors (Lipinski definition) is 2. The smallest absolute Gasteiger partial charge is 0.274 e. The summed E-state index contributed by atoms with van der Waals surface area (Å²) < 4.78 is 3.63. The molecule has 0 atom stereocenters. The molecule has 5 nitrogen and oxygen atoms in total. The van der Waals surface area contributed by atoms with Gasteiger partial charge in [0.25, 0.3) is 5.56 Å². The molecule has 3 aromatic heterocycles. The summed E-state index contributed by atoms with van der Waals surface area (Å²) in [7, 11) is 0. The van der Waals surface area contributed by atoms with Crippen LogP contribution in [0, 0.1) is 6.92 Å². The SMILES string of the molecule is Cc1cc2n(Cc3ccccc3)c(-c3ccc4cc[nH]c4c3)cc(=O)n2n1. The Morgan fingerprint density at radius 2 is 1.85 bits per heavy atom. The Morgan fingerprint density at radius 3 is 2.70 bits per heavy atom. The fraction of sp³-hybridized carbons (Fsp3) is 0.0909. The van der Waals surface area contributed by atoms with Crippen molar-refractivity contribution >= 4 is 16.6 Å².